The molecule has 4 aromatic rings. The monoisotopic (exact) mass is 428 g/mol. The van der Waals surface area contributed by atoms with E-state index in [1.54, 1.807) is 0 Å². The third kappa shape index (κ3) is 3.31. The molecule has 31 heavy (non-hydrogen) atoms. The first-order valence-electron chi connectivity index (χ1n) is 10.3. The number of nitrogens with one attached hydrogen (secondary N) is 3. The van der Waals surface area contributed by atoms with Gasteiger partial charge in [0.25, 0.3) is 5.56 Å². The molecular formula is C24H20N4O2S. The topological polar surface area (TPSA) is 79.0 Å². The molecule has 6 nitrogen and oxygen atoms in total. The van der Waals surface area contributed by atoms with Crippen LogP contribution in [0.15, 0.2) is 76.7 Å². The number of para-hydroxylation sites is 1. The lowest BCUT2D eigenvalue weighted by atomic mass is 10.0. The summed E-state index contributed by atoms with van der Waals surface area (Å²) in [6.07, 6.45) is 1.29. The van der Waals surface area contributed by atoms with Crippen molar-refractivity contribution in [1.82, 2.24) is 9.97 Å². The number of benzene rings is 3. The highest BCUT2D eigenvalue weighted by Gasteiger charge is 2.25. The lowest BCUT2D eigenvalue weighted by Crippen LogP contribution is -2.24. The number of ether oxygens (including phenoxy) is 1. The molecule has 2 aliphatic rings. The number of rotatable bonds is 2. The average Bonchev–Trinajstić information content (AvgIpc) is 2.83. The normalized spacial score (nSPS) is 19.5. The molecule has 154 valence electrons. The van der Waals surface area contributed by atoms with Crippen LogP contribution < -0.4 is 20.9 Å². The molecule has 0 amide bonds. The van der Waals surface area contributed by atoms with Gasteiger partial charge in [-0.25, -0.2) is 4.98 Å². The first-order chi connectivity index (χ1) is 15.2. The summed E-state index contributed by atoms with van der Waals surface area (Å²) in [5.41, 5.74) is 4.98. The van der Waals surface area contributed by atoms with Gasteiger partial charge in [-0.1, -0.05) is 24.3 Å². The van der Waals surface area contributed by atoms with Crippen LogP contribution in [0.4, 0.5) is 11.4 Å². The molecule has 0 saturated heterocycles. The van der Waals surface area contributed by atoms with Gasteiger partial charge < -0.3 is 20.4 Å². The number of thioether (sulfide) groups is 1. The van der Waals surface area contributed by atoms with Crippen LogP contribution in [0.5, 0.6) is 5.75 Å². The van der Waals surface area contributed by atoms with Gasteiger partial charge in [0.1, 0.15) is 11.9 Å². The second-order valence-corrected chi connectivity index (χ2v) is 8.98. The third-order valence-electron chi connectivity index (χ3n) is 5.80. The maximum atomic E-state index is 11.9. The van der Waals surface area contributed by atoms with Crippen LogP contribution in [-0.2, 0) is 0 Å². The van der Waals surface area contributed by atoms with E-state index in [1.807, 2.05) is 30.0 Å². The number of hydrogen-bond donors (Lipinski definition) is 3. The molecule has 3 heterocycles. The SMILES string of the molecule is O=c1[nH]cnc2cc(C3CNc4ccc(C5CNc6ccccc6S5)cc4O3)ccc12. The van der Waals surface area contributed by atoms with Crippen molar-refractivity contribution in [2.75, 3.05) is 23.7 Å². The molecule has 0 spiro atoms. The maximum absolute atomic E-state index is 11.9. The zero-order valence-corrected chi connectivity index (χ0v) is 17.4. The Kier molecular flexibility index (Phi) is 4.35. The fourth-order valence-electron chi connectivity index (χ4n) is 4.15. The predicted molar refractivity (Wildman–Crippen MR) is 124 cm³/mol. The molecule has 2 unspecified atom stereocenters. The quantitative estimate of drug-likeness (QED) is 0.429. The molecule has 2 aliphatic heterocycles. The minimum Gasteiger partial charge on any atom is -0.482 e. The average molecular weight is 429 g/mol. The van der Waals surface area contributed by atoms with Crippen LogP contribution in [-0.4, -0.2) is 23.1 Å². The lowest BCUT2D eigenvalue weighted by Gasteiger charge is -2.30. The van der Waals surface area contributed by atoms with Crippen LogP contribution in [0.3, 0.4) is 0 Å². The molecular weight excluding hydrogens is 408 g/mol. The van der Waals surface area contributed by atoms with Crippen LogP contribution >= 0.6 is 11.8 Å². The van der Waals surface area contributed by atoms with Crippen LogP contribution in [0.2, 0.25) is 0 Å². The Balaban J connectivity index is 1.28. The fourth-order valence-corrected chi connectivity index (χ4v) is 5.33. The van der Waals surface area contributed by atoms with Crippen molar-refractivity contribution in [3.05, 3.63) is 88.5 Å². The van der Waals surface area contributed by atoms with Crippen molar-refractivity contribution in [3.63, 3.8) is 0 Å². The van der Waals surface area contributed by atoms with Gasteiger partial charge in [-0.15, -0.1) is 11.8 Å². The number of aromatic amines is 1. The molecule has 1 aromatic heterocycles. The van der Waals surface area contributed by atoms with E-state index in [1.165, 1.54) is 22.5 Å². The van der Waals surface area contributed by atoms with E-state index in [2.05, 4.69) is 63.1 Å². The maximum Gasteiger partial charge on any atom is 0.258 e. The number of H-pyrrole nitrogens is 1. The smallest absolute Gasteiger partial charge is 0.258 e. The molecule has 0 aliphatic carbocycles. The standard InChI is InChI=1S/C24H20N4O2S/c29-24-16-7-5-14(9-19(16)27-13-28-24)21-11-25-17-8-6-15(10-20(17)30-21)23-12-26-18-3-1-2-4-22(18)31-23/h1-10,13,21,23,25-26H,11-12H2,(H,27,28,29). The summed E-state index contributed by atoms with van der Waals surface area (Å²) in [5, 5.41) is 7.92. The van der Waals surface area contributed by atoms with Gasteiger partial charge in [-0.3, -0.25) is 4.79 Å². The molecule has 0 bridgehead atoms. The highest BCUT2D eigenvalue weighted by Crippen LogP contribution is 2.45. The second kappa shape index (κ2) is 7.35. The van der Waals surface area contributed by atoms with Crippen molar-refractivity contribution in [2.45, 2.75) is 16.2 Å². The largest absolute Gasteiger partial charge is 0.482 e. The first kappa shape index (κ1) is 18.3. The summed E-state index contributed by atoms with van der Waals surface area (Å²) >= 11 is 1.88. The third-order valence-corrected chi connectivity index (χ3v) is 7.13. The van der Waals surface area contributed by atoms with Crippen molar-refractivity contribution < 1.29 is 4.74 Å². The van der Waals surface area contributed by atoms with Gasteiger partial charge in [0, 0.05) is 17.1 Å². The van der Waals surface area contributed by atoms with Gasteiger partial charge >= 0.3 is 0 Å². The summed E-state index contributed by atoms with van der Waals surface area (Å²) in [6, 6.07) is 20.5. The number of nitrogens with zero attached hydrogens (tertiary/aromatic N) is 1. The van der Waals surface area contributed by atoms with E-state index >= 15 is 0 Å². The van der Waals surface area contributed by atoms with E-state index in [-0.39, 0.29) is 11.7 Å². The zero-order valence-electron chi connectivity index (χ0n) is 16.6. The molecule has 0 saturated carbocycles. The Morgan fingerprint density at radius 1 is 0.935 bits per heavy atom. The Morgan fingerprint density at radius 3 is 2.77 bits per heavy atom. The minimum absolute atomic E-state index is 0.130. The highest BCUT2D eigenvalue weighted by molar-refractivity contribution is 7.99. The molecule has 2 atom stereocenters. The minimum atomic E-state index is -0.147. The number of hydrogen-bond acceptors (Lipinski definition) is 6. The highest BCUT2D eigenvalue weighted by atomic mass is 32.2. The number of aromatic nitrogens is 2. The Hall–Kier alpha value is -3.45. The summed E-state index contributed by atoms with van der Waals surface area (Å²) < 4.78 is 6.39. The van der Waals surface area contributed by atoms with E-state index < -0.39 is 0 Å². The lowest BCUT2D eigenvalue weighted by molar-refractivity contribution is 0.210. The second-order valence-electron chi connectivity index (χ2n) is 7.73. The first-order valence-corrected chi connectivity index (χ1v) is 11.1. The summed E-state index contributed by atoms with van der Waals surface area (Å²) in [5.74, 6) is 0.854. The van der Waals surface area contributed by atoms with Crippen molar-refractivity contribution >= 4 is 34.0 Å². The Bertz CT molecular complexity index is 1350. The summed E-state index contributed by atoms with van der Waals surface area (Å²) in [4.78, 5) is 20.1. The van der Waals surface area contributed by atoms with E-state index in [0.29, 0.717) is 22.7 Å². The Labute approximate surface area is 183 Å². The van der Waals surface area contributed by atoms with E-state index in [9.17, 15) is 4.79 Å². The number of anilines is 2. The fraction of sp³-hybridized carbons (Fsp3) is 0.167. The summed E-state index contributed by atoms with van der Waals surface area (Å²) in [7, 11) is 0. The summed E-state index contributed by atoms with van der Waals surface area (Å²) in [6.45, 7) is 1.54. The van der Waals surface area contributed by atoms with Crippen molar-refractivity contribution in [3.8, 4) is 5.75 Å². The van der Waals surface area contributed by atoms with E-state index in [4.69, 9.17) is 4.74 Å². The van der Waals surface area contributed by atoms with E-state index in [0.717, 1.165) is 23.5 Å². The Morgan fingerprint density at radius 2 is 1.81 bits per heavy atom. The van der Waals surface area contributed by atoms with Crippen molar-refractivity contribution in [2.24, 2.45) is 0 Å². The molecule has 7 heteroatoms. The van der Waals surface area contributed by atoms with Crippen LogP contribution in [0.1, 0.15) is 22.5 Å². The van der Waals surface area contributed by atoms with Gasteiger partial charge in [-0.05, 0) is 47.5 Å². The van der Waals surface area contributed by atoms with Crippen LogP contribution in [0.25, 0.3) is 10.9 Å². The van der Waals surface area contributed by atoms with Gasteiger partial charge in [0.2, 0.25) is 0 Å². The number of fused-ring (bicyclic) bond motifs is 3. The molecule has 3 aromatic carbocycles. The van der Waals surface area contributed by atoms with Crippen LogP contribution in [0, 0.1) is 0 Å². The van der Waals surface area contributed by atoms with Gasteiger partial charge in [-0.2, -0.15) is 0 Å². The predicted octanol–water partition coefficient (Wildman–Crippen LogP) is 4.73. The van der Waals surface area contributed by atoms with Gasteiger partial charge in [0.15, 0.2) is 0 Å². The molecule has 0 radical (unpaired) electrons. The zero-order chi connectivity index (χ0) is 20.8. The molecule has 6 rings (SSSR count). The van der Waals surface area contributed by atoms with Crippen molar-refractivity contribution in [1.29, 1.82) is 0 Å². The molecule has 3 N–H and O–H groups in total. The molecule has 0 fully saturated rings. The van der Waals surface area contributed by atoms with Gasteiger partial charge in [0.05, 0.1) is 34.7 Å².